The fourth-order valence-corrected chi connectivity index (χ4v) is 5.16. The minimum atomic E-state index is -1.01. The van der Waals surface area contributed by atoms with Gasteiger partial charge in [-0.2, -0.15) is 0 Å². The van der Waals surface area contributed by atoms with E-state index in [0.29, 0.717) is 43.7 Å². The SMILES string of the molecule is O=C(O)CCN(CCc1ccc(Cl)cc1Cl)C(=O)c1ccccc1-c1ccccc1C(=O)NCc1cccc(Cl)c1. The number of aliphatic carboxylic acids is 1. The molecular weight excluding hydrogens is 583 g/mol. The normalized spacial score (nSPS) is 10.7. The zero-order chi connectivity index (χ0) is 29.4. The number of carbonyl (C=O) groups is 3. The van der Waals surface area contributed by atoms with E-state index in [2.05, 4.69) is 5.32 Å². The van der Waals surface area contributed by atoms with E-state index in [4.69, 9.17) is 34.8 Å². The summed E-state index contributed by atoms with van der Waals surface area (Å²) in [5.74, 6) is -1.66. The maximum Gasteiger partial charge on any atom is 0.305 e. The predicted molar refractivity (Wildman–Crippen MR) is 163 cm³/mol. The largest absolute Gasteiger partial charge is 0.481 e. The van der Waals surface area contributed by atoms with Gasteiger partial charge >= 0.3 is 5.97 Å². The van der Waals surface area contributed by atoms with E-state index in [1.54, 1.807) is 78.9 Å². The Morgan fingerprint density at radius 3 is 2.07 bits per heavy atom. The van der Waals surface area contributed by atoms with Crippen LogP contribution in [0.4, 0.5) is 0 Å². The van der Waals surface area contributed by atoms with Crippen molar-refractivity contribution < 1.29 is 19.5 Å². The van der Waals surface area contributed by atoms with E-state index >= 15 is 0 Å². The highest BCUT2D eigenvalue weighted by atomic mass is 35.5. The fraction of sp³-hybridized carbons (Fsp3) is 0.156. The van der Waals surface area contributed by atoms with E-state index in [1.165, 1.54) is 4.90 Å². The topological polar surface area (TPSA) is 86.7 Å². The summed E-state index contributed by atoms with van der Waals surface area (Å²) >= 11 is 18.4. The number of hydrogen-bond acceptors (Lipinski definition) is 3. The highest BCUT2D eigenvalue weighted by molar-refractivity contribution is 6.35. The molecule has 0 aromatic heterocycles. The molecule has 0 radical (unpaired) electrons. The second kappa shape index (κ2) is 14.2. The molecule has 41 heavy (non-hydrogen) atoms. The summed E-state index contributed by atoms with van der Waals surface area (Å²) in [6, 6.07) is 26.4. The van der Waals surface area contributed by atoms with Crippen LogP contribution in [0.1, 0.15) is 38.3 Å². The lowest BCUT2D eigenvalue weighted by Crippen LogP contribution is -2.35. The Kier molecular flexibility index (Phi) is 10.4. The maximum atomic E-state index is 13.9. The maximum absolute atomic E-state index is 13.9. The molecule has 0 spiro atoms. The van der Waals surface area contributed by atoms with Crippen molar-refractivity contribution in [2.75, 3.05) is 13.1 Å². The number of halogens is 3. The predicted octanol–water partition coefficient (Wildman–Crippen LogP) is 7.40. The van der Waals surface area contributed by atoms with Gasteiger partial charge in [-0.25, -0.2) is 0 Å². The molecule has 9 heteroatoms. The molecule has 210 valence electrons. The first kappa shape index (κ1) is 30.1. The number of carbonyl (C=O) groups excluding carboxylic acids is 2. The monoisotopic (exact) mass is 608 g/mol. The standard InChI is InChI=1S/C32H27Cl3N2O4/c33-23-7-5-6-21(18-23)20-36-31(40)27-10-3-1-8-25(27)26-9-2-4-11-28(26)32(41)37(17-15-30(38)39)16-14-22-12-13-24(34)19-29(22)35/h1-13,18-19H,14-17,20H2,(H,36,40)(H,38,39). The van der Waals surface area contributed by atoms with Crippen molar-refractivity contribution in [1.29, 1.82) is 0 Å². The highest BCUT2D eigenvalue weighted by Gasteiger charge is 2.23. The van der Waals surface area contributed by atoms with Crippen molar-refractivity contribution >= 4 is 52.6 Å². The van der Waals surface area contributed by atoms with Gasteiger partial charge < -0.3 is 15.3 Å². The first-order chi connectivity index (χ1) is 19.7. The molecule has 0 heterocycles. The Morgan fingerprint density at radius 1 is 0.732 bits per heavy atom. The van der Waals surface area contributed by atoms with Gasteiger partial charge in [0, 0.05) is 45.8 Å². The van der Waals surface area contributed by atoms with E-state index in [0.717, 1.165) is 11.1 Å². The third-order valence-corrected chi connectivity index (χ3v) is 7.33. The van der Waals surface area contributed by atoms with Crippen molar-refractivity contribution in [2.24, 2.45) is 0 Å². The van der Waals surface area contributed by atoms with Gasteiger partial charge in [0.05, 0.1) is 6.42 Å². The molecule has 0 saturated carbocycles. The van der Waals surface area contributed by atoms with Crippen LogP contribution >= 0.6 is 34.8 Å². The summed E-state index contributed by atoms with van der Waals surface area (Å²) in [6.45, 7) is 0.531. The molecule has 2 N–H and O–H groups in total. The Bertz CT molecular complexity index is 1570. The van der Waals surface area contributed by atoms with Crippen molar-refractivity contribution in [3.05, 3.63) is 128 Å². The average molecular weight is 610 g/mol. The van der Waals surface area contributed by atoms with Crippen LogP contribution in [0, 0.1) is 0 Å². The highest BCUT2D eigenvalue weighted by Crippen LogP contribution is 2.29. The van der Waals surface area contributed by atoms with Crippen LogP contribution in [0.3, 0.4) is 0 Å². The molecule has 0 unspecified atom stereocenters. The van der Waals surface area contributed by atoms with Gasteiger partial charge in [0.15, 0.2) is 0 Å². The summed E-state index contributed by atoms with van der Waals surface area (Å²) < 4.78 is 0. The summed E-state index contributed by atoms with van der Waals surface area (Å²) in [4.78, 5) is 40.1. The van der Waals surface area contributed by atoms with Gasteiger partial charge in [-0.05, 0) is 65.1 Å². The van der Waals surface area contributed by atoms with Gasteiger partial charge in [-0.1, -0.05) is 89.4 Å². The fourth-order valence-electron chi connectivity index (χ4n) is 4.44. The summed E-state index contributed by atoms with van der Waals surface area (Å²) in [6.07, 6.45) is 0.191. The Labute approximate surface area is 253 Å². The molecule has 6 nitrogen and oxygen atoms in total. The molecule has 0 bridgehead atoms. The second-order valence-electron chi connectivity index (χ2n) is 9.33. The number of nitrogens with zero attached hydrogens (tertiary/aromatic N) is 1. The summed E-state index contributed by atoms with van der Waals surface area (Å²) in [5, 5.41) is 13.8. The van der Waals surface area contributed by atoms with Gasteiger partial charge in [-0.15, -0.1) is 0 Å². The molecule has 4 aromatic carbocycles. The Balaban J connectivity index is 1.61. The van der Waals surface area contributed by atoms with Crippen LogP contribution in [-0.2, 0) is 17.8 Å². The lowest BCUT2D eigenvalue weighted by atomic mass is 9.94. The summed E-state index contributed by atoms with van der Waals surface area (Å²) in [5.41, 5.74) is 3.55. The number of benzene rings is 4. The number of nitrogens with one attached hydrogen (secondary N) is 1. The lowest BCUT2D eigenvalue weighted by molar-refractivity contribution is -0.137. The Morgan fingerprint density at radius 2 is 1.39 bits per heavy atom. The van der Waals surface area contributed by atoms with Crippen molar-refractivity contribution in [3.8, 4) is 11.1 Å². The molecule has 4 rings (SSSR count). The molecule has 0 saturated heterocycles. The van der Waals surface area contributed by atoms with Gasteiger partial charge in [0.1, 0.15) is 0 Å². The minimum Gasteiger partial charge on any atom is -0.481 e. The third kappa shape index (κ3) is 8.10. The third-order valence-electron chi connectivity index (χ3n) is 6.51. The first-order valence-corrected chi connectivity index (χ1v) is 14.0. The number of hydrogen-bond donors (Lipinski definition) is 2. The van der Waals surface area contributed by atoms with Crippen LogP contribution < -0.4 is 5.32 Å². The lowest BCUT2D eigenvalue weighted by Gasteiger charge is -2.24. The number of carboxylic acid groups (broad SMARTS) is 1. The average Bonchev–Trinajstić information content (AvgIpc) is 2.96. The number of amides is 2. The minimum absolute atomic E-state index is 0.00940. The molecule has 0 aliphatic rings. The number of rotatable bonds is 11. The molecule has 4 aromatic rings. The zero-order valence-corrected chi connectivity index (χ0v) is 24.2. The molecule has 0 aliphatic carbocycles. The van der Waals surface area contributed by atoms with Crippen LogP contribution in [-0.4, -0.2) is 40.9 Å². The van der Waals surface area contributed by atoms with Crippen LogP contribution in [0.15, 0.2) is 91.0 Å². The van der Waals surface area contributed by atoms with Gasteiger partial charge in [-0.3, -0.25) is 14.4 Å². The first-order valence-electron chi connectivity index (χ1n) is 12.9. The smallest absolute Gasteiger partial charge is 0.305 e. The molecule has 0 atom stereocenters. The van der Waals surface area contributed by atoms with E-state index < -0.39 is 5.97 Å². The van der Waals surface area contributed by atoms with Crippen molar-refractivity contribution in [3.63, 3.8) is 0 Å². The Hall–Kier alpha value is -3.84. The number of carboxylic acids is 1. The van der Waals surface area contributed by atoms with Crippen molar-refractivity contribution in [2.45, 2.75) is 19.4 Å². The zero-order valence-electron chi connectivity index (χ0n) is 21.9. The molecular formula is C32H27Cl3N2O4. The molecule has 0 fully saturated rings. The van der Waals surface area contributed by atoms with Crippen LogP contribution in [0.25, 0.3) is 11.1 Å². The quantitative estimate of drug-likeness (QED) is 0.185. The van der Waals surface area contributed by atoms with Crippen LogP contribution in [0.5, 0.6) is 0 Å². The van der Waals surface area contributed by atoms with Gasteiger partial charge in [0.25, 0.3) is 11.8 Å². The molecule has 2 amide bonds. The van der Waals surface area contributed by atoms with Crippen molar-refractivity contribution in [1.82, 2.24) is 10.2 Å². The van der Waals surface area contributed by atoms with E-state index in [1.807, 2.05) is 12.1 Å². The van der Waals surface area contributed by atoms with E-state index in [-0.39, 0.29) is 37.9 Å². The van der Waals surface area contributed by atoms with E-state index in [9.17, 15) is 19.5 Å². The van der Waals surface area contributed by atoms with Crippen LogP contribution in [0.2, 0.25) is 15.1 Å². The van der Waals surface area contributed by atoms with Gasteiger partial charge in [0.2, 0.25) is 0 Å². The molecule has 0 aliphatic heterocycles. The summed E-state index contributed by atoms with van der Waals surface area (Å²) in [7, 11) is 0. The second-order valence-corrected chi connectivity index (χ2v) is 10.6.